The molecule has 0 bridgehead atoms. The van der Waals surface area contributed by atoms with E-state index in [0.717, 1.165) is 18.7 Å². The minimum atomic E-state index is -4.95. The quantitative estimate of drug-likeness (QED) is 0.391. The molecule has 39 heavy (non-hydrogen) atoms. The molecule has 3 fully saturated rings. The van der Waals surface area contributed by atoms with Gasteiger partial charge in [0.25, 0.3) is 0 Å². The molecule has 2 aromatic carbocycles. The summed E-state index contributed by atoms with van der Waals surface area (Å²) >= 11 is 0. The van der Waals surface area contributed by atoms with Gasteiger partial charge in [0.05, 0.1) is 29.4 Å². The van der Waals surface area contributed by atoms with Crippen LogP contribution in [0.5, 0.6) is 0 Å². The molecule has 214 valence electrons. The highest BCUT2D eigenvalue weighted by atomic mass is 19.4. The molecule has 2 heterocycles. The Bertz CT molecular complexity index is 1090. The molecule has 2 saturated heterocycles. The third-order valence-electron chi connectivity index (χ3n) is 8.46. The van der Waals surface area contributed by atoms with Crippen LogP contribution < -0.4 is 0 Å². The first-order chi connectivity index (χ1) is 18.3. The number of rotatable bonds is 6. The van der Waals surface area contributed by atoms with Crippen molar-refractivity contribution in [1.82, 2.24) is 4.90 Å². The normalized spacial score (nSPS) is 27.3. The van der Waals surface area contributed by atoms with Crippen LogP contribution in [0.1, 0.15) is 73.3 Å². The molecule has 4 atom stereocenters. The van der Waals surface area contributed by atoms with Gasteiger partial charge in [0.2, 0.25) is 0 Å². The molecule has 0 unspecified atom stereocenters. The third-order valence-corrected chi connectivity index (χ3v) is 8.46. The summed E-state index contributed by atoms with van der Waals surface area (Å²) < 4.78 is 92.9. The van der Waals surface area contributed by atoms with Crippen molar-refractivity contribution in [3.8, 4) is 0 Å². The summed E-state index contributed by atoms with van der Waals surface area (Å²) in [5.41, 5.74) is -3.16. The fraction of sp³-hybridized carbons (Fsp3) is 0.586. The first-order valence-electron chi connectivity index (χ1n) is 13.4. The Balaban J connectivity index is 1.43. The molecule has 10 heteroatoms. The molecular formula is C29H33F6NO3. The predicted molar refractivity (Wildman–Crippen MR) is 132 cm³/mol. The van der Waals surface area contributed by atoms with Gasteiger partial charge in [0.15, 0.2) is 6.29 Å². The highest BCUT2D eigenvalue weighted by Gasteiger charge is 2.50. The number of likely N-dealkylation sites (tertiary alicyclic amines) is 1. The van der Waals surface area contributed by atoms with Crippen molar-refractivity contribution < 1.29 is 40.9 Å². The van der Waals surface area contributed by atoms with Crippen LogP contribution in [-0.2, 0) is 21.8 Å². The lowest BCUT2D eigenvalue weighted by molar-refractivity contribution is -0.232. The summed E-state index contributed by atoms with van der Waals surface area (Å²) in [6.07, 6.45) is -7.89. The van der Waals surface area contributed by atoms with E-state index in [-0.39, 0.29) is 24.2 Å². The molecule has 1 N–H and O–H groups in total. The first-order valence-corrected chi connectivity index (χ1v) is 13.4. The molecule has 0 amide bonds. The van der Waals surface area contributed by atoms with Gasteiger partial charge in [-0.3, -0.25) is 0 Å². The lowest BCUT2D eigenvalue weighted by atomic mass is 9.68. The Hall–Kier alpha value is -2.14. The standard InChI is InChI=1S/C29H33F6NO3/c1-18(20-15-21(28(30,31)32)17-22(16-20)29(33,34)35)39-26-25(19-5-3-2-4-6-19)24(9-14-38-26)27(37)10-12-36(13-11-27)23-7-8-23/h2-6,15-18,23-26,37H,7-14H2,1H3/t18-,24-,25+,26-/m1/s1. The molecule has 5 rings (SSSR count). The monoisotopic (exact) mass is 557 g/mol. The van der Waals surface area contributed by atoms with E-state index in [1.165, 1.54) is 19.8 Å². The average molecular weight is 558 g/mol. The maximum Gasteiger partial charge on any atom is 0.416 e. The first kappa shape index (κ1) is 28.4. The number of hydrogen-bond acceptors (Lipinski definition) is 4. The molecule has 3 aliphatic rings. The van der Waals surface area contributed by atoms with Crippen molar-refractivity contribution in [1.29, 1.82) is 0 Å². The van der Waals surface area contributed by atoms with Crippen molar-refractivity contribution in [2.24, 2.45) is 5.92 Å². The van der Waals surface area contributed by atoms with Crippen LogP contribution in [0.2, 0.25) is 0 Å². The number of nitrogens with zero attached hydrogens (tertiary/aromatic N) is 1. The number of hydrogen-bond donors (Lipinski definition) is 1. The van der Waals surface area contributed by atoms with Crippen molar-refractivity contribution >= 4 is 0 Å². The van der Waals surface area contributed by atoms with Gasteiger partial charge < -0.3 is 19.5 Å². The van der Waals surface area contributed by atoms with Crippen LogP contribution in [0.3, 0.4) is 0 Å². The van der Waals surface area contributed by atoms with E-state index in [1.807, 2.05) is 30.3 Å². The second kappa shape index (κ2) is 10.7. The van der Waals surface area contributed by atoms with Gasteiger partial charge >= 0.3 is 12.4 Å². The minimum absolute atomic E-state index is 0.111. The lowest BCUT2D eigenvalue weighted by Crippen LogP contribution is -2.54. The number of halogens is 6. The van der Waals surface area contributed by atoms with E-state index < -0.39 is 47.4 Å². The van der Waals surface area contributed by atoms with E-state index >= 15 is 0 Å². The van der Waals surface area contributed by atoms with Crippen LogP contribution in [0.15, 0.2) is 48.5 Å². The molecule has 1 aliphatic carbocycles. The van der Waals surface area contributed by atoms with E-state index in [1.54, 1.807) is 0 Å². The van der Waals surface area contributed by atoms with Gasteiger partial charge in [-0.05, 0) is 68.4 Å². The summed E-state index contributed by atoms with van der Waals surface area (Å²) in [5, 5.41) is 11.9. The Morgan fingerprint density at radius 2 is 1.51 bits per heavy atom. The van der Waals surface area contributed by atoms with Gasteiger partial charge in [-0.25, -0.2) is 0 Å². The van der Waals surface area contributed by atoms with E-state index in [2.05, 4.69) is 4.90 Å². The average Bonchev–Trinajstić information content (AvgIpc) is 3.74. The molecule has 0 radical (unpaired) electrons. The Labute approximate surface area is 223 Å². The van der Waals surface area contributed by atoms with Crippen LogP contribution >= 0.6 is 0 Å². The topological polar surface area (TPSA) is 41.9 Å². The van der Waals surface area contributed by atoms with Crippen LogP contribution in [0.25, 0.3) is 0 Å². The van der Waals surface area contributed by atoms with Gasteiger partial charge in [-0.15, -0.1) is 0 Å². The summed E-state index contributed by atoms with van der Waals surface area (Å²) in [4.78, 5) is 2.41. The van der Waals surface area contributed by atoms with Gasteiger partial charge in [-0.2, -0.15) is 26.3 Å². The largest absolute Gasteiger partial charge is 0.416 e. The van der Waals surface area contributed by atoms with Crippen LogP contribution in [0, 0.1) is 5.92 Å². The zero-order valence-corrected chi connectivity index (χ0v) is 21.6. The zero-order chi connectivity index (χ0) is 28.0. The molecular weight excluding hydrogens is 524 g/mol. The fourth-order valence-electron chi connectivity index (χ4n) is 6.16. The Morgan fingerprint density at radius 3 is 2.05 bits per heavy atom. The number of benzene rings is 2. The molecule has 2 aliphatic heterocycles. The molecule has 0 aromatic heterocycles. The maximum absolute atomic E-state index is 13.5. The highest BCUT2D eigenvalue weighted by molar-refractivity contribution is 5.35. The smallest absolute Gasteiger partial charge is 0.389 e. The van der Waals surface area contributed by atoms with E-state index in [0.29, 0.717) is 37.4 Å². The summed E-state index contributed by atoms with van der Waals surface area (Å²) in [7, 11) is 0. The summed E-state index contributed by atoms with van der Waals surface area (Å²) in [5.74, 6) is -0.702. The van der Waals surface area contributed by atoms with Gasteiger partial charge in [0.1, 0.15) is 0 Å². The number of alkyl halides is 6. The summed E-state index contributed by atoms with van der Waals surface area (Å²) in [6.45, 7) is 3.25. The number of aliphatic hydroxyl groups is 1. The second-order valence-electron chi connectivity index (χ2n) is 11.1. The molecule has 2 aromatic rings. The number of ether oxygens (including phenoxy) is 2. The minimum Gasteiger partial charge on any atom is -0.389 e. The van der Waals surface area contributed by atoms with Crippen molar-refractivity contribution in [3.63, 3.8) is 0 Å². The van der Waals surface area contributed by atoms with Crippen LogP contribution in [0.4, 0.5) is 26.3 Å². The Morgan fingerprint density at radius 1 is 0.923 bits per heavy atom. The van der Waals surface area contributed by atoms with E-state index in [4.69, 9.17) is 9.47 Å². The second-order valence-corrected chi connectivity index (χ2v) is 11.1. The van der Waals surface area contributed by atoms with E-state index in [9.17, 15) is 31.4 Å². The fourth-order valence-corrected chi connectivity index (χ4v) is 6.16. The third kappa shape index (κ3) is 6.29. The Kier molecular flexibility index (Phi) is 7.78. The van der Waals surface area contributed by atoms with Crippen LogP contribution in [-0.4, -0.2) is 47.6 Å². The maximum atomic E-state index is 13.5. The highest BCUT2D eigenvalue weighted by Crippen LogP contribution is 2.48. The number of piperidine rings is 1. The molecule has 0 spiro atoms. The molecule has 4 nitrogen and oxygen atoms in total. The predicted octanol–water partition coefficient (Wildman–Crippen LogP) is 6.94. The van der Waals surface area contributed by atoms with Crippen molar-refractivity contribution in [3.05, 3.63) is 70.8 Å². The SMILES string of the molecule is C[C@@H](O[C@H]1OCC[C@@H](C2(O)CCN(C3CC3)CC2)[C@@H]1c1ccccc1)c1cc(C(F)(F)F)cc(C(F)(F)F)c1. The zero-order valence-electron chi connectivity index (χ0n) is 21.6. The molecule has 1 saturated carbocycles. The van der Waals surface area contributed by atoms with Crippen molar-refractivity contribution in [2.75, 3.05) is 19.7 Å². The van der Waals surface area contributed by atoms with Gasteiger partial charge in [0, 0.05) is 31.0 Å². The van der Waals surface area contributed by atoms with Gasteiger partial charge in [-0.1, -0.05) is 30.3 Å². The lowest BCUT2D eigenvalue weighted by Gasteiger charge is -2.49. The van der Waals surface area contributed by atoms with Crippen molar-refractivity contribution in [2.45, 2.75) is 81.3 Å². The summed E-state index contributed by atoms with van der Waals surface area (Å²) in [6, 6.07) is 11.4.